The number of aromatic nitrogens is 2. The zero-order valence-corrected chi connectivity index (χ0v) is 25.6. The number of aryl methyl sites for hydroxylation is 1. The first kappa shape index (κ1) is 30.0. The van der Waals surface area contributed by atoms with Gasteiger partial charge in [0, 0.05) is 56.6 Å². The van der Waals surface area contributed by atoms with Crippen LogP contribution in [0.1, 0.15) is 41.1 Å². The third-order valence-corrected chi connectivity index (χ3v) is 8.31. The molecule has 224 valence electrons. The second-order valence-corrected chi connectivity index (χ2v) is 11.0. The number of nitrogens with one attached hydrogen (secondary N) is 2. The Hall–Kier alpha value is -3.51. The number of pyridine rings is 1. The van der Waals surface area contributed by atoms with Crippen LogP contribution in [-0.2, 0) is 20.8 Å². The summed E-state index contributed by atoms with van der Waals surface area (Å²) >= 11 is 5.96. The maximum absolute atomic E-state index is 12.4. The molecular formula is C31H40N6O4S. The van der Waals surface area contributed by atoms with E-state index in [-0.39, 0.29) is 24.6 Å². The maximum atomic E-state index is 12.4. The van der Waals surface area contributed by atoms with Gasteiger partial charge in [-0.15, -0.1) is 0 Å². The molecule has 1 aromatic carbocycles. The second kappa shape index (κ2) is 13.6. The summed E-state index contributed by atoms with van der Waals surface area (Å²) in [5.74, 6) is 0.288. The molecule has 2 atom stereocenters. The number of ether oxygens (including phenoxy) is 3. The van der Waals surface area contributed by atoms with E-state index in [0.717, 1.165) is 57.2 Å². The monoisotopic (exact) mass is 592 g/mol. The minimum absolute atomic E-state index is 0.0566. The van der Waals surface area contributed by atoms with E-state index in [4.69, 9.17) is 31.4 Å². The van der Waals surface area contributed by atoms with Crippen molar-refractivity contribution in [2.24, 2.45) is 0 Å². The molecular weight excluding hydrogens is 552 g/mol. The number of nitrogens with zero attached hydrogens (tertiary/aromatic N) is 4. The molecule has 4 heterocycles. The Labute approximate surface area is 252 Å². The summed E-state index contributed by atoms with van der Waals surface area (Å²) in [7, 11) is 3.07. The number of rotatable bonds is 11. The van der Waals surface area contributed by atoms with Crippen molar-refractivity contribution in [2.45, 2.75) is 38.9 Å². The number of benzene rings is 1. The first-order valence-corrected chi connectivity index (χ1v) is 14.8. The zero-order valence-electron chi connectivity index (χ0n) is 24.8. The number of morpholine rings is 1. The number of carbonyl (C=O) groups excluding carboxylic acids is 1. The van der Waals surface area contributed by atoms with Crippen LogP contribution in [0.3, 0.4) is 0 Å². The third kappa shape index (κ3) is 6.44. The van der Waals surface area contributed by atoms with E-state index < -0.39 is 0 Å². The van der Waals surface area contributed by atoms with E-state index in [1.807, 2.05) is 42.6 Å². The van der Waals surface area contributed by atoms with E-state index in [1.165, 1.54) is 24.1 Å². The lowest BCUT2D eigenvalue weighted by Gasteiger charge is -2.29. The Morgan fingerprint density at radius 2 is 1.95 bits per heavy atom. The van der Waals surface area contributed by atoms with Crippen molar-refractivity contribution in [3.05, 3.63) is 71.3 Å². The van der Waals surface area contributed by atoms with Gasteiger partial charge in [0.15, 0.2) is 5.11 Å². The van der Waals surface area contributed by atoms with Crippen molar-refractivity contribution in [1.29, 1.82) is 0 Å². The van der Waals surface area contributed by atoms with Crippen LogP contribution < -0.4 is 20.3 Å². The molecule has 0 unspecified atom stereocenters. The van der Waals surface area contributed by atoms with Crippen molar-refractivity contribution in [3.8, 4) is 5.75 Å². The quantitative estimate of drug-likeness (QED) is 0.321. The molecule has 0 spiro atoms. The molecule has 2 aliphatic rings. The minimum atomic E-state index is -0.265. The highest BCUT2D eigenvalue weighted by Gasteiger charge is 2.42. The Kier molecular flexibility index (Phi) is 9.73. The lowest BCUT2D eigenvalue weighted by molar-refractivity contribution is -0.119. The van der Waals surface area contributed by atoms with Crippen LogP contribution in [0.25, 0.3) is 0 Å². The number of carbonyl (C=O) groups is 1. The van der Waals surface area contributed by atoms with Crippen molar-refractivity contribution in [1.82, 2.24) is 19.8 Å². The average molecular weight is 593 g/mol. The first-order valence-electron chi connectivity index (χ1n) is 14.4. The predicted molar refractivity (Wildman–Crippen MR) is 167 cm³/mol. The van der Waals surface area contributed by atoms with Crippen molar-refractivity contribution < 1.29 is 19.0 Å². The molecule has 10 nitrogen and oxygen atoms in total. The molecule has 5 rings (SSSR count). The smallest absolute Gasteiger partial charge is 0.250 e. The Morgan fingerprint density at radius 1 is 1.14 bits per heavy atom. The summed E-state index contributed by atoms with van der Waals surface area (Å²) in [5, 5.41) is 7.04. The molecule has 3 aromatic rings. The van der Waals surface area contributed by atoms with Crippen LogP contribution in [0.2, 0.25) is 0 Å². The second-order valence-electron chi connectivity index (χ2n) is 10.6. The largest absolute Gasteiger partial charge is 0.495 e. The van der Waals surface area contributed by atoms with Crippen LogP contribution in [0, 0.1) is 13.8 Å². The summed E-state index contributed by atoms with van der Waals surface area (Å²) < 4.78 is 18.5. The van der Waals surface area contributed by atoms with Crippen molar-refractivity contribution in [2.75, 3.05) is 63.9 Å². The van der Waals surface area contributed by atoms with Gasteiger partial charge in [0.05, 0.1) is 43.8 Å². The normalized spacial score (nSPS) is 19.1. The van der Waals surface area contributed by atoms with Gasteiger partial charge < -0.3 is 34.3 Å². The number of hydrogen-bond donors (Lipinski definition) is 2. The molecule has 2 saturated heterocycles. The van der Waals surface area contributed by atoms with E-state index in [1.54, 1.807) is 7.11 Å². The summed E-state index contributed by atoms with van der Waals surface area (Å²) in [4.78, 5) is 21.7. The molecule has 11 heteroatoms. The molecule has 0 saturated carbocycles. The van der Waals surface area contributed by atoms with Gasteiger partial charge in [-0.3, -0.25) is 14.7 Å². The van der Waals surface area contributed by atoms with E-state index >= 15 is 0 Å². The van der Waals surface area contributed by atoms with Crippen LogP contribution in [-0.4, -0.2) is 79.1 Å². The molecule has 0 radical (unpaired) electrons. The van der Waals surface area contributed by atoms with E-state index in [0.29, 0.717) is 16.5 Å². The fraction of sp³-hybridized carbons (Fsp3) is 0.452. The van der Waals surface area contributed by atoms with Gasteiger partial charge in [-0.25, -0.2) is 0 Å². The topological polar surface area (TPSA) is 93.1 Å². The zero-order chi connectivity index (χ0) is 29.6. The summed E-state index contributed by atoms with van der Waals surface area (Å²) in [5.41, 5.74) is 5.90. The minimum Gasteiger partial charge on any atom is -0.495 e. The molecule has 42 heavy (non-hydrogen) atoms. The van der Waals surface area contributed by atoms with Gasteiger partial charge in [0.1, 0.15) is 12.4 Å². The molecule has 2 aliphatic heterocycles. The molecule has 0 bridgehead atoms. The molecule has 2 fully saturated rings. The summed E-state index contributed by atoms with van der Waals surface area (Å²) in [6.45, 7) is 9.91. The van der Waals surface area contributed by atoms with Gasteiger partial charge in [-0.2, -0.15) is 0 Å². The predicted octanol–water partition coefficient (Wildman–Crippen LogP) is 3.99. The highest BCUT2D eigenvalue weighted by Crippen LogP contribution is 2.44. The lowest BCUT2D eigenvalue weighted by atomic mass is 9.96. The first-order chi connectivity index (χ1) is 20.4. The maximum Gasteiger partial charge on any atom is 0.250 e. The van der Waals surface area contributed by atoms with E-state index in [9.17, 15) is 4.79 Å². The SMILES string of the molecule is COCC(=O)Nc1cc(N2C(=S)N[C@H](c3ccccn3)[C@@H]2c2cc(C)n(CCCN3CCOCC3)c2C)ccc1OC. The molecule has 0 aliphatic carbocycles. The Morgan fingerprint density at radius 3 is 2.67 bits per heavy atom. The van der Waals surface area contributed by atoms with Crippen molar-refractivity contribution >= 4 is 34.6 Å². The highest BCUT2D eigenvalue weighted by atomic mass is 32.1. The number of amides is 1. The average Bonchev–Trinajstić information content (AvgIpc) is 3.49. The number of thiocarbonyl (C=S) groups is 1. The van der Waals surface area contributed by atoms with Crippen LogP contribution in [0.5, 0.6) is 5.75 Å². The standard InChI is InChI=1S/C31H40N6O4S/c1-21-18-24(22(2)36(21)13-7-12-35-14-16-41-17-15-35)30-29(25-8-5-6-11-32-25)34-31(42)37(30)23-9-10-27(40-4)26(19-23)33-28(38)20-39-3/h5-6,8-11,18-19,29-30H,7,12-17,20H2,1-4H3,(H,33,38)(H,34,42)/t29-,30+/m1/s1. The highest BCUT2D eigenvalue weighted by molar-refractivity contribution is 7.80. The number of hydrogen-bond acceptors (Lipinski definition) is 7. The van der Waals surface area contributed by atoms with Gasteiger partial charge in [-0.05, 0) is 74.4 Å². The third-order valence-electron chi connectivity index (χ3n) is 8.00. The van der Waals surface area contributed by atoms with Gasteiger partial charge in [0.25, 0.3) is 0 Å². The Balaban J connectivity index is 1.50. The number of anilines is 2. The fourth-order valence-corrected chi connectivity index (χ4v) is 6.30. The van der Waals surface area contributed by atoms with Gasteiger partial charge >= 0.3 is 0 Å². The van der Waals surface area contributed by atoms with Crippen LogP contribution in [0.4, 0.5) is 11.4 Å². The van der Waals surface area contributed by atoms with Crippen molar-refractivity contribution in [3.63, 3.8) is 0 Å². The fourth-order valence-electron chi connectivity index (χ4n) is 5.96. The molecule has 1 amide bonds. The van der Waals surface area contributed by atoms with Gasteiger partial charge in [0.2, 0.25) is 5.91 Å². The van der Waals surface area contributed by atoms with Crippen LogP contribution in [0.15, 0.2) is 48.7 Å². The van der Waals surface area contributed by atoms with Gasteiger partial charge in [-0.1, -0.05) is 6.07 Å². The summed E-state index contributed by atoms with van der Waals surface area (Å²) in [6, 6.07) is 13.6. The Bertz CT molecular complexity index is 1390. The van der Waals surface area contributed by atoms with E-state index in [2.05, 4.69) is 44.9 Å². The lowest BCUT2D eigenvalue weighted by Crippen LogP contribution is -2.37. The molecule has 2 aromatic heterocycles. The molecule has 2 N–H and O–H groups in total. The number of methoxy groups -OCH3 is 2. The summed E-state index contributed by atoms with van der Waals surface area (Å²) in [6.07, 6.45) is 2.87. The van der Waals surface area contributed by atoms with Crippen LogP contribution >= 0.6 is 12.2 Å².